The largest absolute Gasteiger partial charge is 0.381 e. The van der Waals surface area contributed by atoms with Crippen molar-refractivity contribution in [3.05, 3.63) is 35.4 Å². The van der Waals surface area contributed by atoms with Crippen LogP contribution in [-0.2, 0) is 27.4 Å². The van der Waals surface area contributed by atoms with Gasteiger partial charge in [0.15, 0.2) is 0 Å². The third kappa shape index (κ3) is 5.83. The average Bonchev–Trinajstić information content (AvgIpc) is 2.49. The van der Waals surface area contributed by atoms with E-state index in [1.54, 1.807) is 7.11 Å². The van der Waals surface area contributed by atoms with E-state index in [9.17, 15) is 4.79 Å². The summed E-state index contributed by atoms with van der Waals surface area (Å²) in [7, 11) is 1.69. The van der Waals surface area contributed by atoms with Crippen molar-refractivity contribution in [2.45, 2.75) is 32.0 Å². The van der Waals surface area contributed by atoms with E-state index in [0.717, 1.165) is 37.2 Å². The SMILES string of the molecule is COCc1cccc(CNCC(=O)NC2CCOCC2)c1. The van der Waals surface area contributed by atoms with Gasteiger partial charge in [0.25, 0.3) is 0 Å². The van der Waals surface area contributed by atoms with Crippen LogP contribution in [0.5, 0.6) is 0 Å². The van der Waals surface area contributed by atoms with Gasteiger partial charge in [0.05, 0.1) is 13.2 Å². The molecule has 1 aromatic carbocycles. The summed E-state index contributed by atoms with van der Waals surface area (Å²) < 4.78 is 10.4. The van der Waals surface area contributed by atoms with E-state index in [0.29, 0.717) is 19.7 Å². The van der Waals surface area contributed by atoms with Crippen molar-refractivity contribution in [2.24, 2.45) is 0 Å². The number of rotatable bonds is 7. The summed E-state index contributed by atoms with van der Waals surface area (Å²) in [6.45, 7) is 3.11. The van der Waals surface area contributed by atoms with Gasteiger partial charge < -0.3 is 20.1 Å². The first-order valence-corrected chi connectivity index (χ1v) is 7.42. The topological polar surface area (TPSA) is 59.6 Å². The first-order valence-electron chi connectivity index (χ1n) is 7.42. The minimum absolute atomic E-state index is 0.0509. The summed E-state index contributed by atoms with van der Waals surface area (Å²) >= 11 is 0. The Balaban J connectivity index is 1.68. The second-order valence-corrected chi connectivity index (χ2v) is 5.31. The van der Waals surface area contributed by atoms with Gasteiger partial charge in [-0.2, -0.15) is 0 Å². The first-order chi connectivity index (χ1) is 10.3. The fourth-order valence-corrected chi connectivity index (χ4v) is 2.44. The number of nitrogens with one attached hydrogen (secondary N) is 2. The van der Waals surface area contributed by atoms with Gasteiger partial charge in [-0.05, 0) is 24.0 Å². The highest BCUT2D eigenvalue weighted by molar-refractivity contribution is 5.78. The van der Waals surface area contributed by atoms with Gasteiger partial charge in [-0.3, -0.25) is 4.79 Å². The van der Waals surface area contributed by atoms with Gasteiger partial charge in [-0.15, -0.1) is 0 Å². The average molecular weight is 292 g/mol. The number of ether oxygens (including phenoxy) is 2. The summed E-state index contributed by atoms with van der Waals surface area (Å²) in [5.74, 6) is 0.0509. The van der Waals surface area contributed by atoms with Crippen LogP contribution >= 0.6 is 0 Å². The van der Waals surface area contributed by atoms with E-state index in [1.807, 2.05) is 18.2 Å². The molecule has 5 heteroatoms. The molecule has 0 bridgehead atoms. The maximum absolute atomic E-state index is 11.8. The Morgan fingerprint density at radius 1 is 1.33 bits per heavy atom. The molecule has 1 aromatic rings. The molecule has 2 N–H and O–H groups in total. The van der Waals surface area contributed by atoms with E-state index in [2.05, 4.69) is 16.7 Å². The standard InChI is InChI=1S/C16H24N2O3/c1-20-12-14-4-2-3-13(9-14)10-17-11-16(19)18-15-5-7-21-8-6-15/h2-4,9,15,17H,5-8,10-12H2,1H3,(H,18,19). The second kappa shape index (κ2) is 8.77. The fraction of sp³-hybridized carbons (Fsp3) is 0.562. The van der Waals surface area contributed by atoms with E-state index < -0.39 is 0 Å². The van der Waals surface area contributed by atoms with Crippen molar-refractivity contribution in [2.75, 3.05) is 26.9 Å². The molecule has 0 unspecified atom stereocenters. The molecule has 1 fully saturated rings. The lowest BCUT2D eigenvalue weighted by Gasteiger charge is -2.23. The lowest BCUT2D eigenvalue weighted by atomic mass is 10.1. The highest BCUT2D eigenvalue weighted by Gasteiger charge is 2.15. The number of hydrogen-bond donors (Lipinski definition) is 2. The Morgan fingerprint density at radius 2 is 2.10 bits per heavy atom. The summed E-state index contributed by atoms with van der Waals surface area (Å²) in [5, 5.41) is 6.21. The Labute approximate surface area is 126 Å². The zero-order chi connectivity index (χ0) is 14.9. The summed E-state index contributed by atoms with van der Waals surface area (Å²) in [4.78, 5) is 11.8. The van der Waals surface area contributed by atoms with E-state index in [4.69, 9.17) is 9.47 Å². The Hall–Kier alpha value is -1.43. The minimum Gasteiger partial charge on any atom is -0.381 e. The third-order valence-corrected chi connectivity index (χ3v) is 3.50. The van der Waals surface area contributed by atoms with Crippen molar-refractivity contribution in [3.63, 3.8) is 0 Å². The molecular formula is C16H24N2O3. The molecule has 21 heavy (non-hydrogen) atoms. The molecule has 1 aliphatic rings. The third-order valence-electron chi connectivity index (χ3n) is 3.50. The smallest absolute Gasteiger partial charge is 0.234 e. The van der Waals surface area contributed by atoms with Gasteiger partial charge >= 0.3 is 0 Å². The number of hydrogen-bond acceptors (Lipinski definition) is 4. The van der Waals surface area contributed by atoms with Gasteiger partial charge in [-0.1, -0.05) is 24.3 Å². The van der Waals surface area contributed by atoms with Crippen LogP contribution in [0.2, 0.25) is 0 Å². The zero-order valence-corrected chi connectivity index (χ0v) is 12.6. The number of benzene rings is 1. The lowest BCUT2D eigenvalue weighted by molar-refractivity contribution is -0.121. The number of carbonyl (C=O) groups excluding carboxylic acids is 1. The molecule has 116 valence electrons. The summed E-state index contributed by atoms with van der Waals surface area (Å²) in [5.41, 5.74) is 2.30. The number of methoxy groups -OCH3 is 1. The molecule has 0 saturated carbocycles. The fourth-order valence-electron chi connectivity index (χ4n) is 2.44. The quantitative estimate of drug-likeness (QED) is 0.793. The monoisotopic (exact) mass is 292 g/mol. The maximum Gasteiger partial charge on any atom is 0.234 e. The minimum atomic E-state index is 0.0509. The molecule has 0 aliphatic carbocycles. The summed E-state index contributed by atoms with van der Waals surface area (Å²) in [6.07, 6.45) is 1.82. The predicted octanol–water partition coefficient (Wildman–Crippen LogP) is 1.22. The zero-order valence-electron chi connectivity index (χ0n) is 12.6. The van der Waals surface area contributed by atoms with Crippen molar-refractivity contribution >= 4 is 5.91 Å². The lowest BCUT2D eigenvalue weighted by Crippen LogP contribution is -2.42. The van der Waals surface area contributed by atoms with Gasteiger partial charge in [0, 0.05) is 32.9 Å². The summed E-state index contributed by atoms with van der Waals surface area (Å²) in [6, 6.07) is 8.44. The van der Waals surface area contributed by atoms with E-state index in [1.165, 1.54) is 0 Å². The second-order valence-electron chi connectivity index (χ2n) is 5.31. The molecule has 1 saturated heterocycles. The Bertz CT molecular complexity index is 445. The Kier molecular flexibility index (Phi) is 6.66. The van der Waals surface area contributed by atoms with E-state index >= 15 is 0 Å². The van der Waals surface area contributed by atoms with Crippen molar-refractivity contribution in [3.8, 4) is 0 Å². The van der Waals surface area contributed by atoms with Gasteiger partial charge in [0.2, 0.25) is 5.91 Å². The number of amides is 1. The van der Waals surface area contributed by atoms with Crippen molar-refractivity contribution in [1.29, 1.82) is 0 Å². The highest BCUT2D eigenvalue weighted by Crippen LogP contribution is 2.07. The molecule has 0 spiro atoms. The first kappa shape index (κ1) is 15.9. The molecule has 1 amide bonds. The molecule has 0 atom stereocenters. The molecule has 0 radical (unpaired) electrons. The predicted molar refractivity (Wildman–Crippen MR) is 80.8 cm³/mol. The maximum atomic E-state index is 11.8. The Morgan fingerprint density at radius 3 is 2.86 bits per heavy atom. The number of carbonyl (C=O) groups is 1. The molecule has 2 rings (SSSR count). The van der Waals surface area contributed by atoms with Crippen LogP contribution in [0.15, 0.2) is 24.3 Å². The van der Waals surface area contributed by atoms with Crippen LogP contribution in [0.3, 0.4) is 0 Å². The molecule has 1 heterocycles. The van der Waals surface area contributed by atoms with Gasteiger partial charge in [-0.25, -0.2) is 0 Å². The molecule has 1 aliphatic heterocycles. The van der Waals surface area contributed by atoms with Crippen molar-refractivity contribution in [1.82, 2.24) is 10.6 Å². The van der Waals surface area contributed by atoms with Crippen LogP contribution in [0, 0.1) is 0 Å². The van der Waals surface area contributed by atoms with Gasteiger partial charge in [0.1, 0.15) is 0 Å². The normalized spacial score (nSPS) is 15.9. The molecular weight excluding hydrogens is 268 g/mol. The van der Waals surface area contributed by atoms with Crippen LogP contribution in [0.4, 0.5) is 0 Å². The van der Waals surface area contributed by atoms with Crippen LogP contribution in [0.25, 0.3) is 0 Å². The van der Waals surface area contributed by atoms with Crippen LogP contribution < -0.4 is 10.6 Å². The highest BCUT2D eigenvalue weighted by atomic mass is 16.5. The van der Waals surface area contributed by atoms with Crippen LogP contribution in [-0.4, -0.2) is 38.8 Å². The molecule has 0 aromatic heterocycles. The van der Waals surface area contributed by atoms with E-state index in [-0.39, 0.29) is 11.9 Å². The van der Waals surface area contributed by atoms with Crippen LogP contribution in [0.1, 0.15) is 24.0 Å². The van der Waals surface area contributed by atoms with Crippen molar-refractivity contribution < 1.29 is 14.3 Å². The molecule has 5 nitrogen and oxygen atoms in total.